The van der Waals surface area contributed by atoms with Crippen molar-refractivity contribution in [2.24, 2.45) is 0 Å². The van der Waals surface area contributed by atoms with Gasteiger partial charge in [-0.05, 0) is 47.0 Å². The van der Waals surface area contributed by atoms with E-state index in [1.54, 1.807) is 25.3 Å². The van der Waals surface area contributed by atoms with Gasteiger partial charge in [-0.2, -0.15) is 0 Å². The fourth-order valence-corrected chi connectivity index (χ4v) is 3.44. The molecule has 0 fully saturated rings. The highest BCUT2D eigenvalue weighted by atomic mass is 16.5. The van der Waals surface area contributed by atoms with Crippen molar-refractivity contribution in [3.8, 4) is 22.6 Å². The van der Waals surface area contributed by atoms with Crippen LogP contribution in [-0.4, -0.2) is 26.2 Å². The molecule has 0 saturated carbocycles. The molecule has 0 atom stereocenters. The molecule has 152 valence electrons. The second-order valence-electron chi connectivity index (χ2n) is 6.74. The number of hydrogen-bond donors (Lipinski definition) is 3. The van der Waals surface area contributed by atoms with Gasteiger partial charge in [-0.15, -0.1) is 0 Å². The summed E-state index contributed by atoms with van der Waals surface area (Å²) in [4.78, 5) is 24.3. The molecule has 0 aromatic heterocycles. The molecule has 0 aliphatic carbocycles. The first kappa shape index (κ1) is 19.3. The fourth-order valence-electron chi connectivity index (χ4n) is 3.44. The van der Waals surface area contributed by atoms with Crippen LogP contribution >= 0.6 is 0 Å². The number of benzene rings is 3. The van der Waals surface area contributed by atoms with Gasteiger partial charge >= 0.3 is 6.03 Å². The Kier molecular flexibility index (Phi) is 5.26. The van der Waals surface area contributed by atoms with Crippen LogP contribution in [0.4, 0.5) is 16.2 Å². The van der Waals surface area contributed by atoms with Gasteiger partial charge in [-0.25, -0.2) is 4.79 Å². The molecule has 7 heteroatoms. The quantitative estimate of drug-likeness (QED) is 0.594. The maximum atomic E-state index is 12.4. The molecule has 1 heterocycles. The lowest BCUT2D eigenvalue weighted by molar-refractivity contribution is 0.0965. The number of urea groups is 1. The third-order valence-electron chi connectivity index (χ3n) is 4.96. The van der Waals surface area contributed by atoms with Crippen molar-refractivity contribution in [1.29, 1.82) is 0 Å². The third kappa shape index (κ3) is 3.77. The molecule has 1 aliphatic heterocycles. The minimum absolute atomic E-state index is 0.0456. The number of ether oxygens (including phenoxy) is 2. The molecule has 3 N–H and O–H groups in total. The SMILES string of the molecule is COc1ccc(NC(=O)Nc2ccc(-c3cccc4c3CNC4=O)cc2)c(OC)c1. The molecule has 1 aliphatic rings. The van der Waals surface area contributed by atoms with Gasteiger partial charge in [0.05, 0.1) is 19.9 Å². The van der Waals surface area contributed by atoms with Crippen LogP contribution in [0.1, 0.15) is 15.9 Å². The Morgan fingerprint density at radius 3 is 2.43 bits per heavy atom. The Morgan fingerprint density at radius 2 is 1.70 bits per heavy atom. The maximum absolute atomic E-state index is 12.4. The summed E-state index contributed by atoms with van der Waals surface area (Å²) >= 11 is 0. The number of rotatable bonds is 5. The number of methoxy groups -OCH3 is 2. The number of amides is 3. The first-order valence-corrected chi connectivity index (χ1v) is 9.39. The Balaban J connectivity index is 1.47. The number of anilines is 2. The van der Waals surface area contributed by atoms with Crippen LogP contribution in [-0.2, 0) is 6.54 Å². The van der Waals surface area contributed by atoms with Crippen LogP contribution < -0.4 is 25.4 Å². The Labute approximate surface area is 174 Å². The lowest BCUT2D eigenvalue weighted by Crippen LogP contribution is -2.19. The zero-order chi connectivity index (χ0) is 21.1. The first-order valence-electron chi connectivity index (χ1n) is 9.39. The number of carbonyl (C=O) groups is 2. The molecule has 3 amide bonds. The predicted molar refractivity (Wildman–Crippen MR) is 115 cm³/mol. The molecule has 30 heavy (non-hydrogen) atoms. The van der Waals surface area contributed by atoms with Crippen molar-refractivity contribution in [2.75, 3.05) is 24.9 Å². The highest BCUT2D eigenvalue weighted by molar-refractivity contribution is 6.02. The van der Waals surface area contributed by atoms with Crippen molar-refractivity contribution in [2.45, 2.75) is 6.54 Å². The highest BCUT2D eigenvalue weighted by Gasteiger charge is 2.21. The van der Waals surface area contributed by atoms with E-state index in [4.69, 9.17) is 9.47 Å². The van der Waals surface area contributed by atoms with Crippen LogP contribution in [0.25, 0.3) is 11.1 Å². The van der Waals surface area contributed by atoms with E-state index < -0.39 is 0 Å². The molecule has 0 unspecified atom stereocenters. The second-order valence-corrected chi connectivity index (χ2v) is 6.74. The van der Waals surface area contributed by atoms with Crippen molar-refractivity contribution in [1.82, 2.24) is 5.32 Å². The second kappa shape index (κ2) is 8.16. The van der Waals surface area contributed by atoms with E-state index in [9.17, 15) is 9.59 Å². The van der Waals surface area contributed by atoms with Gasteiger partial charge in [0.2, 0.25) is 0 Å². The third-order valence-corrected chi connectivity index (χ3v) is 4.96. The van der Waals surface area contributed by atoms with E-state index in [1.807, 2.05) is 42.5 Å². The number of carbonyl (C=O) groups excluding carboxylic acids is 2. The molecule has 0 saturated heterocycles. The Morgan fingerprint density at radius 1 is 0.933 bits per heavy atom. The van der Waals surface area contributed by atoms with Crippen molar-refractivity contribution in [3.63, 3.8) is 0 Å². The summed E-state index contributed by atoms with van der Waals surface area (Å²) in [6.45, 7) is 0.524. The Bertz CT molecular complexity index is 1110. The highest BCUT2D eigenvalue weighted by Crippen LogP contribution is 2.31. The molecule has 3 aromatic rings. The predicted octanol–water partition coefficient (Wildman–Crippen LogP) is 4.26. The standard InChI is InChI=1S/C23H21N3O4/c1-29-16-10-11-20(21(12-16)30-2)26-23(28)25-15-8-6-14(7-9-15)17-4-3-5-18-19(17)13-24-22(18)27/h3-12H,13H2,1-2H3,(H,24,27)(H2,25,26,28). The van der Waals surface area contributed by atoms with Gasteiger partial charge in [0.15, 0.2) is 0 Å². The maximum Gasteiger partial charge on any atom is 0.323 e. The van der Waals surface area contributed by atoms with Gasteiger partial charge in [0.25, 0.3) is 5.91 Å². The summed E-state index contributed by atoms with van der Waals surface area (Å²) in [7, 11) is 3.09. The van der Waals surface area contributed by atoms with Crippen LogP contribution in [0.5, 0.6) is 11.5 Å². The largest absolute Gasteiger partial charge is 0.497 e. The van der Waals surface area contributed by atoms with Crippen LogP contribution in [0.3, 0.4) is 0 Å². The first-order chi connectivity index (χ1) is 14.6. The van der Waals surface area contributed by atoms with Crippen molar-refractivity contribution >= 4 is 23.3 Å². The van der Waals surface area contributed by atoms with E-state index in [1.165, 1.54) is 7.11 Å². The normalized spacial score (nSPS) is 12.0. The summed E-state index contributed by atoms with van der Waals surface area (Å²) in [5, 5.41) is 8.43. The molecule has 4 rings (SSSR count). The lowest BCUT2D eigenvalue weighted by Gasteiger charge is -2.13. The fraction of sp³-hybridized carbons (Fsp3) is 0.130. The molecular weight excluding hydrogens is 382 g/mol. The van der Waals surface area contributed by atoms with Crippen LogP contribution in [0.15, 0.2) is 60.7 Å². The average Bonchev–Trinajstić information content (AvgIpc) is 3.15. The summed E-state index contributed by atoms with van der Waals surface area (Å²) in [5.41, 5.74) is 4.86. The average molecular weight is 403 g/mol. The number of hydrogen-bond acceptors (Lipinski definition) is 4. The smallest absolute Gasteiger partial charge is 0.323 e. The van der Waals surface area contributed by atoms with E-state index >= 15 is 0 Å². The molecule has 3 aromatic carbocycles. The molecular formula is C23H21N3O4. The number of nitrogens with one attached hydrogen (secondary N) is 3. The van der Waals surface area contributed by atoms with Crippen LogP contribution in [0, 0.1) is 0 Å². The summed E-state index contributed by atoms with van der Waals surface area (Å²) in [6.07, 6.45) is 0. The minimum Gasteiger partial charge on any atom is -0.497 e. The van der Waals surface area contributed by atoms with Gasteiger partial charge < -0.3 is 25.4 Å². The molecule has 0 spiro atoms. The van der Waals surface area contributed by atoms with Crippen molar-refractivity contribution < 1.29 is 19.1 Å². The van der Waals surface area contributed by atoms with Gasteiger partial charge in [0.1, 0.15) is 11.5 Å². The van der Waals surface area contributed by atoms with E-state index in [-0.39, 0.29) is 11.9 Å². The van der Waals surface area contributed by atoms with E-state index in [2.05, 4.69) is 16.0 Å². The topological polar surface area (TPSA) is 88.7 Å². The zero-order valence-electron chi connectivity index (χ0n) is 16.6. The van der Waals surface area contributed by atoms with Crippen molar-refractivity contribution in [3.05, 3.63) is 71.8 Å². The zero-order valence-corrected chi connectivity index (χ0v) is 16.6. The van der Waals surface area contributed by atoms with Gasteiger partial charge in [-0.3, -0.25) is 4.79 Å². The Hall–Kier alpha value is -4.00. The molecule has 7 nitrogen and oxygen atoms in total. The van der Waals surface area contributed by atoms with E-state index in [0.717, 1.165) is 16.7 Å². The summed E-state index contributed by atoms with van der Waals surface area (Å²) in [5.74, 6) is 1.09. The molecule has 0 radical (unpaired) electrons. The van der Waals surface area contributed by atoms with Crippen LogP contribution in [0.2, 0.25) is 0 Å². The van der Waals surface area contributed by atoms with E-state index in [0.29, 0.717) is 35.0 Å². The monoisotopic (exact) mass is 403 g/mol. The number of fused-ring (bicyclic) bond motifs is 1. The van der Waals surface area contributed by atoms with Gasteiger partial charge in [-0.1, -0.05) is 24.3 Å². The lowest BCUT2D eigenvalue weighted by atomic mass is 9.97. The summed E-state index contributed by atoms with van der Waals surface area (Å²) < 4.78 is 10.5. The summed E-state index contributed by atoms with van der Waals surface area (Å²) in [6, 6.07) is 17.9. The minimum atomic E-state index is -0.387. The molecule has 0 bridgehead atoms. The van der Waals surface area contributed by atoms with Gasteiger partial charge in [0, 0.05) is 23.9 Å².